The van der Waals surface area contributed by atoms with Gasteiger partial charge < -0.3 is 15.0 Å². The van der Waals surface area contributed by atoms with Crippen LogP contribution in [0.25, 0.3) is 10.9 Å². The number of anilines is 1. The molecule has 154 valence electrons. The van der Waals surface area contributed by atoms with E-state index in [-0.39, 0.29) is 5.91 Å². The van der Waals surface area contributed by atoms with Gasteiger partial charge >= 0.3 is 5.97 Å². The van der Waals surface area contributed by atoms with Crippen molar-refractivity contribution < 1.29 is 14.3 Å². The fourth-order valence-corrected chi connectivity index (χ4v) is 3.91. The number of rotatable bonds is 5. The van der Waals surface area contributed by atoms with E-state index in [0.29, 0.717) is 24.5 Å². The maximum absolute atomic E-state index is 13.2. The van der Waals surface area contributed by atoms with E-state index in [0.717, 1.165) is 23.0 Å². The number of benzene rings is 2. The molecular formula is C23H24N4O3. The molecule has 0 bridgehead atoms. The standard InChI is InChI=1S/C23H24N4O3/c1-15-17-11-6-7-12-18(17)25-23(24-15)27-14-8-13-19(27)21(28)26-20(22(29)30-2)16-9-4-3-5-10-16/h3-7,9-12,19-20H,8,13-14H2,1-2H3,(H,26,28)/t19-,20-/m0/s1. The van der Waals surface area contributed by atoms with Gasteiger partial charge in [0.25, 0.3) is 0 Å². The molecule has 1 aromatic heterocycles. The number of aryl methyl sites for hydroxylation is 1. The minimum atomic E-state index is -0.856. The fraction of sp³-hybridized carbons (Fsp3) is 0.304. The molecule has 4 rings (SSSR count). The third-order valence-corrected chi connectivity index (χ3v) is 5.45. The molecule has 0 spiro atoms. The van der Waals surface area contributed by atoms with E-state index >= 15 is 0 Å². The number of carbonyl (C=O) groups is 2. The number of methoxy groups -OCH3 is 1. The summed E-state index contributed by atoms with van der Waals surface area (Å²) in [6.45, 7) is 2.63. The van der Waals surface area contributed by atoms with Crippen molar-refractivity contribution in [3.05, 3.63) is 65.9 Å². The van der Waals surface area contributed by atoms with Crippen LogP contribution in [-0.2, 0) is 14.3 Å². The summed E-state index contributed by atoms with van der Waals surface area (Å²) < 4.78 is 4.91. The molecule has 1 fully saturated rings. The number of carbonyl (C=O) groups excluding carboxylic acids is 2. The number of ether oxygens (including phenoxy) is 1. The Hall–Kier alpha value is -3.48. The molecular weight excluding hydrogens is 380 g/mol. The third-order valence-electron chi connectivity index (χ3n) is 5.45. The van der Waals surface area contributed by atoms with E-state index in [9.17, 15) is 9.59 Å². The first kappa shape index (κ1) is 19.8. The normalized spacial score (nSPS) is 17.0. The molecule has 0 radical (unpaired) electrons. The van der Waals surface area contributed by atoms with Gasteiger partial charge in [0.15, 0.2) is 6.04 Å². The van der Waals surface area contributed by atoms with Gasteiger partial charge in [-0.1, -0.05) is 48.5 Å². The Balaban J connectivity index is 1.60. The van der Waals surface area contributed by atoms with Crippen LogP contribution in [0.5, 0.6) is 0 Å². The zero-order valence-electron chi connectivity index (χ0n) is 17.0. The molecule has 1 saturated heterocycles. The third kappa shape index (κ3) is 3.83. The Labute approximate surface area is 175 Å². The van der Waals surface area contributed by atoms with Gasteiger partial charge in [0.05, 0.1) is 18.3 Å². The van der Waals surface area contributed by atoms with Crippen molar-refractivity contribution in [2.45, 2.75) is 31.8 Å². The number of nitrogens with zero attached hydrogens (tertiary/aromatic N) is 3. The molecule has 1 N–H and O–H groups in total. The lowest BCUT2D eigenvalue weighted by Crippen LogP contribution is -2.47. The van der Waals surface area contributed by atoms with Gasteiger partial charge in [-0.2, -0.15) is 0 Å². The smallest absolute Gasteiger partial charge is 0.333 e. The summed E-state index contributed by atoms with van der Waals surface area (Å²) in [5, 5.41) is 3.86. The van der Waals surface area contributed by atoms with Crippen LogP contribution in [0.4, 0.5) is 5.95 Å². The van der Waals surface area contributed by atoms with Gasteiger partial charge in [-0.15, -0.1) is 0 Å². The molecule has 0 saturated carbocycles. The molecule has 1 amide bonds. The molecule has 2 heterocycles. The number of hydrogen-bond donors (Lipinski definition) is 1. The average molecular weight is 404 g/mol. The Morgan fingerprint density at radius 3 is 2.60 bits per heavy atom. The molecule has 7 heteroatoms. The number of aromatic nitrogens is 2. The molecule has 7 nitrogen and oxygen atoms in total. The second-order valence-corrected chi connectivity index (χ2v) is 7.35. The second kappa shape index (κ2) is 8.49. The highest BCUT2D eigenvalue weighted by Crippen LogP contribution is 2.26. The van der Waals surface area contributed by atoms with Gasteiger partial charge in [-0.25, -0.2) is 14.8 Å². The summed E-state index contributed by atoms with van der Waals surface area (Å²) in [7, 11) is 1.32. The zero-order valence-corrected chi connectivity index (χ0v) is 17.0. The molecule has 2 atom stereocenters. The van der Waals surface area contributed by atoms with Gasteiger partial charge in [0.1, 0.15) is 6.04 Å². The number of hydrogen-bond acceptors (Lipinski definition) is 6. The highest BCUT2D eigenvalue weighted by molar-refractivity contribution is 5.90. The predicted octanol–water partition coefficient (Wildman–Crippen LogP) is 2.94. The van der Waals surface area contributed by atoms with Crippen molar-refractivity contribution in [2.75, 3.05) is 18.6 Å². The lowest BCUT2D eigenvalue weighted by atomic mass is 10.1. The number of para-hydroxylation sites is 1. The monoisotopic (exact) mass is 404 g/mol. The topological polar surface area (TPSA) is 84.4 Å². The number of amides is 1. The predicted molar refractivity (Wildman–Crippen MR) is 114 cm³/mol. The van der Waals surface area contributed by atoms with Crippen LogP contribution in [0.2, 0.25) is 0 Å². The molecule has 2 aromatic carbocycles. The van der Waals surface area contributed by atoms with E-state index in [4.69, 9.17) is 4.74 Å². The van der Waals surface area contributed by atoms with Crippen molar-refractivity contribution in [1.29, 1.82) is 0 Å². The van der Waals surface area contributed by atoms with Crippen LogP contribution in [0.15, 0.2) is 54.6 Å². The lowest BCUT2D eigenvalue weighted by molar-refractivity contribution is -0.145. The van der Waals surface area contributed by atoms with Gasteiger partial charge in [0, 0.05) is 11.9 Å². The first-order valence-corrected chi connectivity index (χ1v) is 10.0. The molecule has 0 unspecified atom stereocenters. The maximum Gasteiger partial charge on any atom is 0.333 e. The summed E-state index contributed by atoms with van der Waals surface area (Å²) in [4.78, 5) is 36.8. The quantitative estimate of drug-likeness (QED) is 0.658. The SMILES string of the molecule is COC(=O)[C@@H](NC(=O)[C@@H]1CCCN1c1nc(C)c2ccccc2n1)c1ccccc1. The Morgan fingerprint density at radius 2 is 1.83 bits per heavy atom. The molecule has 30 heavy (non-hydrogen) atoms. The van der Waals surface area contributed by atoms with Crippen LogP contribution in [0.1, 0.15) is 30.1 Å². The highest BCUT2D eigenvalue weighted by Gasteiger charge is 2.35. The summed E-state index contributed by atoms with van der Waals surface area (Å²) in [5.41, 5.74) is 2.40. The van der Waals surface area contributed by atoms with Crippen molar-refractivity contribution in [1.82, 2.24) is 15.3 Å². The largest absolute Gasteiger partial charge is 0.467 e. The van der Waals surface area contributed by atoms with Crippen LogP contribution < -0.4 is 10.2 Å². The van der Waals surface area contributed by atoms with E-state index < -0.39 is 18.1 Å². The van der Waals surface area contributed by atoms with Gasteiger partial charge in [0.2, 0.25) is 11.9 Å². The Bertz CT molecular complexity index is 1070. The summed E-state index contributed by atoms with van der Waals surface area (Å²) in [6.07, 6.45) is 1.52. The first-order chi connectivity index (χ1) is 14.6. The maximum atomic E-state index is 13.2. The number of fused-ring (bicyclic) bond motifs is 1. The molecule has 1 aliphatic rings. The van der Waals surface area contributed by atoms with Crippen LogP contribution in [-0.4, -0.2) is 41.5 Å². The second-order valence-electron chi connectivity index (χ2n) is 7.35. The van der Waals surface area contributed by atoms with Crippen molar-refractivity contribution in [3.63, 3.8) is 0 Å². The van der Waals surface area contributed by atoms with Gasteiger partial charge in [-0.3, -0.25) is 4.79 Å². The lowest BCUT2D eigenvalue weighted by Gasteiger charge is -2.26. The van der Waals surface area contributed by atoms with Crippen molar-refractivity contribution in [2.24, 2.45) is 0 Å². The minimum absolute atomic E-state index is 0.235. The molecule has 3 aromatic rings. The van der Waals surface area contributed by atoms with Crippen LogP contribution >= 0.6 is 0 Å². The van der Waals surface area contributed by atoms with Crippen LogP contribution in [0, 0.1) is 6.92 Å². The van der Waals surface area contributed by atoms with E-state index in [1.165, 1.54) is 7.11 Å². The Kier molecular flexibility index (Phi) is 5.61. The summed E-state index contributed by atoms with van der Waals surface area (Å²) in [5.74, 6) is -0.198. The highest BCUT2D eigenvalue weighted by atomic mass is 16.5. The van der Waals surface area contributed by atoms with Crippen molar-refractivity contribution >= 4 is 28.7 Å². The zero-order chi connectivity index (χ0) is 21.1. The minimum Gasteiger partial charge on any atom is -0.467 e. The fourth-order valence-electron chi connectivity index (χ4n) is 3.91. The summed E-state index contributed by atoms with van der Waals surface area (Å²) >= 11 is 0. The average Bonchev–Trinajstić information content (AvgIpc) is 3.27. The van der Waals surface area contributed by atoms with E-state index in [2.05, 4.69) is 15.3 Å². The van der Waals surface area contributed by atoms with Crippen molar-refractivity contribution in [3.8, 4) is 0 Å². The number of esters is 1. The van der Waals surface area contributed by atoms with E-state index in [1.54, 1.807) is 12.1 Å². The van der Waals surface area contributed by atoms with Gasteiger partial charge in [-0.05, 0) is 31.4 Å². The first-order valence-electron chi connectivity index (χ1n) is 10.0. The Morgan fingerprint density at radius 1 is 1.10 bits per heavy atom. The molecule has 1 aliphatic heterocycles. The number of nitrogens with one attached hydrogen (secondary N) is 1. The van der Waals surface area contributed by atoms with Crippen LogP contribution in [0.3, 0.4) is 0 Å². The van der Waals surface area contributed by atoms with E-state index in [1.807, 2.05) is 54.3 Å². The summed E-state index contributed by atoms with van der Waals surface area (Å²) in [6, 6.07) is 15.6. The molecule has 0 aliphatic carbocycles.